The maximum absolute atomic E-state index is 13.5. The van der Waals surface area contributed by atoms with E-state index in [2.05, 4.69) is 33.2 Å². The molecule has 0 radical (unpaired) electrons. The second-order valence-electron chi connectivity index (χ2n) is 4.49. The van der Waals surface area contributed by atoms with Crippen LogP contribution in [0.4, 0.5) is 20.2 Å². The number of carbonyl (C=O) groups excluding carboxylic acids is 1. The minimum atomic E-state index is -0.801. The van der Waals surface area contributed by atoms with Crippen molar-refractivity contribution in [2.45, 2.75) is 13.0 Å². The van der Waals surface area contributed by atoms with Crippen molar-refractivity contribution < 1.29 is 13.6 Å². The number of rotatable bonds is 4. The van der Waals surface area contributed by atoms with Gasteiger partial charge in [0.05, 0.1) is 5.69 Å². The topological polar surface area (TPSA) is 41.1 Å². The number of nitrogens with one attached hydrogen (secondary N) is 2. The molecule has 0 aromatic heterocycles. The number of halogens is 3. The highest BCUT2D eigenvalue weighted by atomic mass is 127. The first-order valence-corrected chi connectivity index (χ1v) is 7.31. The fourth-order valence-corrected chi connectivity index (χ4v) is 2.05. The molecule has 1 amide bonds. The summed E-state index contributed by atoms with van der Waals surface area (Å²) in [6.45, 7) is 1.66. The molecule has 3 nitrogen and oxygen atoms in total. The van der Waals surface area contributed by atoms with E-state index in [4.69, 9.17) is 0 Å². The Morgan fingerprint density at radius 2 is 1.81 bits per heavy atom. The summed E-state index contributed by atoms with van der Waals surface area (Å²) in [7, 11) is 0. The van der Waals surface area contributed by atoms with Crippen LogP contribution in [-0.4, -0.2) is 11.9 Å². The molecule has 0 spiro atoms. The van der Waals surface area contributed by atoms with Crippen LogP contribution in [-0.2, 0) is 4.79 Å². The lowest BCUT2D eigenvalue weighted by Gasteiger charge is -2.15. The lowest BCUT2D eigenvalue weighted by molar-refractivity contribution is -0.116. The average Bonchev–Trinajstić information content (AvgIpc) is 2.44. The van der Waals surface area contributed by atoms with Crippen molar-refractivity contribution in [3.8, 4) is 0 Å². The van der Waals surface area contributed by atoms with Crippen LogP contribution in [0.5, 0.6) is 0 Å². The van der Waals surface area contributed by atoms with Crippen molar-refractivity contribution in [1.82, 2.24) is 0 Å². The Kier molecular flexibility index (Phi) is 5.11. The van der Waals surface area contributed by atoms with Crippen LogP contribution in [0.2, 0.25) is 0 Å². The van der Waals surface area contributed by atoms with Crippen molar-refractivity contribution in [3.63, 3.8) is 0 Å². The molecular formula is C15H13F2IN2O. The molecule has 0 aliphatic carbocycles. The Balaban J connectivity index is 2.00. The van der Waals surface area contributed by atoms with Gasteiger partial charge < -0.3 is 10.6 Å². The predicted molar refractivity (Wildman–Crippen MR) is 87.2 cm³/mol. The highest BCUT2D eigenvalue weighted by molar-refractivity contribution is 14.1. The molecule has 0 heterocycles. The minimum Gasteiger partial charge on any atom is -0.374 e. The van der Waals surface area contributed by atoms with Crippen LogP contribution in [0.1, 0.15) is 6.92 Å². The molecule has 0 fully saturated rings. The van der Waals surface area contributed by atoms with Crippen LogP contribution in [0.25, 0.3) is 0 Å². The van der Waals surface area contributed by atoms with Gasteiger partial charge in [-0.25, -0.2) is 8.78 Å². The van der Waals surface area contributed by atoms with Gasteiger partial charge in [0.25, 0.3) is 0 Å². The second kappa shape index (κ2) is 6.84. The number of hydrogen-bond acceptors (Lipinski definition) is 2. The maximum Gasteiger partial charge on any atom is 0.246 e. The van der Waals surface area contributed by atoms with Crippen LogP contribution >= 0.6 is 22.6 Å². The first-order chi connectivity index (χ1) is 9.95. The molecule has 0 unspecified atom stereocenters. The van der Waals surface area contributed by atoms with Crippen LogP contribution in [0.3, 0.4) is 0 Å². The summed E-state index contributed by atoms with van der Waals surface area (Å²) in [6, 6.07) is 9.98. The van der Waals surface area contributed by atoms with E-state index in [1.807, 2.05) is 24.3 Å². The zero-order valence-corrected chi connectivity index (χ0v) is 13.3. The second-order valence-corrected chi connectivity index (χ2v) is 5.73. The minimum absolute atomic E-state index is 0.0438. The fraction of sp³-hybridized carbons (Fsp3) is 0.133. The van der Waals surface area contributed by atoms with Gasteiger partial charge in [0.15, 0.2) is 0 Å². The van der Waals surface area contributed by atoms with E-state index in [0.29, 0.717) is 0 Å². The van der Waals surface area contributed by atoms with E-state index in [1.54, 1.807) is 6.92 Å². The van der Waals surface area contributed by atoms with E-state index in [-0.39, 0.29) is 5.69 Å². The van der Waals surface area contributed by atoms with Crippen LogP contribution < -0.4 is 10.6 Å². The molecule has 2 rings (SSSR count). The molecular weight excluding hydrogens is 389 g/mol. The summed E-state index contributed by atoms with van der Waals surface area (Å²) in [5.74, 6) is -1.89. The van der Waals surface area contributed by atoms with Crippen LogP contribution in [0.15, 0.2) is 42.5 Å². The standard InChI is InChI=1S/C15H13F2IN2O/c1-9(19-12-5-3-11(18)4-6-12)15(21)20-14-7-2-10(16)8-13(14)17/h2-9,19H,1H3,(H,20,21)/t9-/m1/s1. The zero-order valence-electron chi connectivity index (χ0n) is 11.2. The summed E-state index contributed by atoms with van der Waals surface area (Å²) in [5.41, 5.74) is 0.746. The number of benzene rings is 2. The summed E-state index contributed by atoms with van der Waals surface area (Å²) in [6.07, 6.45) is 0. The van der Waals surface area contributed by atoms with E-state index >= 15 is 0 Å². The predicted octanol–water partition coefficient (Wildman–Crippen LogP) is 4.01. The normalized spacial score (nSPS) is 11.8. The zero-order chi connectivity index (χ0) is 15.4. The molecule has 2 aromatic carbocycles. The monoisotopic (exact) mass is 402 g/mol. The van der Waals surface area contributed by atoms with Gasteiger partial charge in [-0.15, -0.1) is 0 Å². The van der Waals surface area contributed by atoms with E-state index < -0.39 is 23.6 Å². The van der Waals surface area contributed by atoms with Crippen molar-refractivity contribution in [2.24, 2.45) is 0 Å². The quantitative estimate of drug-likeness (QED) is 0.760. The molecule has 2 N–H and O–H groups in total. The van der Waals surface area contributed by atoms with Gasteiger partial charge in [-0.3, -0.25) is 4.79 Å². The molecule has 0 saturated heterocycles. The van der Waals surface area contributed by atoms with E-state index in [0.717, 1.165) is 21.4 Å². The summed E-state index contributed by atoms with van der Waals surface area (Å²) >= 11 is 2.19. The molecule has 2 aromatic rings. The Morgan fingerprint density at radius 1 is 1.14 bits per heavy atom. The summed E-state index contributed by atoms with van der Waals surface area (Å²) in [5, 5.41) is 5.43. The SMILES string of the molecule is C[C@@H](Nc1ccc(I)cc1)C(=O)Nc1ccc(F)cc1F. The van der Waals surface area contributed by atoms with Crippen molar-refractivity contribution in [3.05, 3.63) is 57.7 Å². The van der Waals surface area contributed by atoms with Crippen molar-refractivity contribution in [2.75, 3.05) is 10.6 Å². The van der Waals surface area contributed by atoms with Gasteiger partial charge >= 0.3 is 0 Å². The largest absolute Gasteiger partial charge is 0.374 e. The highest BCUT2D eigenvalue weighted by Gasteiger charge is 2.15. The molecule has 110 valence electrons. The van der Waals surface area contributed by atoms with E-state index in [1.165, 1.54) is 6.07 Å². The summed E-state index contributed by atoms with van der Waals surface area (Å²) < 4.78 is 27.4. The first-order valence-electron chi connectivity index (χ1n) is 6.24. The van der Waals surface area contributed by atoms with Gasteiger partial charge in [-0.1, -0.05) is 0 Å². The third-order valence-electron chi connectivity index (χ3n) is 2.81. The smallest absolute Gasteiger partial charge is 0.246 e. The van der Waals surface area contributed by atoms with Crippen LogP contribution in [0, 0.1) is 15.2 Å². The Labute approximate surface area is 134 Å². The number of carbonyl (C=O) groups is 1. The Bertz CT molecular complexity index is 647. The summed E-state index contributed by atoms with van der Waals surface area (Å²) in [4.78, 5) is 12.0. The first kappa shape index (κ1) is 15.7. The molecule has 6 heteroatoms. The molecule has 0 saturated carbocycles. The van der Waals surface area contributed by atoms with Gasteiger partial charge in [0.1, 0.15) is 17.7 Å². The molecule has 0 aliphatic heterocycles. The van der Waals surface area contributed by atoms with Gasteiger partial charge in [0, 0.05) is 15.3 Å². The van der Waals surface area contributed by atoms with Gasteiger partial charge in [-0.05, 0) is 65.9 Å². The maximum atomic E-state index is 13.5. The number of amides is 1. The highest BCUT2D eigenvalue weighted by Crippen LogP contribution is 2.16. The number of hydrogen-bond donors (Lipinski definition) is 2. The third kappa shape index (κ3) is 4.38. The fourth-order valence-electron chi connectivity index (χ4n) is 1.69. The Morgan fingerprint density at radius 3 is 2.43 bits per heavy atom. The third-order valence-corrected chi connectivity index (χ3v) is 3.53. The lowest BCUT2D eigenvalue weighted by atomic mass is 10.2. The Hall–Kier alpha value is -1.70. The van der Waals surface area contributed by atoms with Crippen molar-refractivity contribution >= 4 is 39.9 Å². The molecule has 0 bridgehead atoms. The average molecular weight is 402 g/mol. The van der Waals surface area contributed by atoms with Gasteiger partial charge in [0.2, 0.25) is 5.91 Å². The molecule has 1 atom stereocenters. The number of anilines is 2. The van der Waals surface area contributed by atoms with E-state index in [9.17, 15) is 13.6 Å². The molecule has 21 heavy (non-hydrogen) atoms. The molecule has 0 aliphatic rings. The van der Waals surface area contributed by atoms with Crippen molar-refractivity contribution in [1.29, 1.82) is 0 Å². The van der Waals surface area contributed by atoms with Gasteiger partial charge in [-0.2, -0.15) is 0 Å². The lowest BCUT2D eigenvalue weighted by Crippen LogP contribution is -2.32.